The lowest BCUT2D eigenvalue weighted by Gasteiger charge is -2.22. The molecule has 1 aromatic carbocycles. The molecule has 1 N–H and O–H groups in total. The molecule has 0 aliphatic heterocycles. The van der Waals surface area contributed by atoms with Crippen LogP contribution >= 0.6 is 11.3 Å². The standard InChI is InChI=1S/C18H24N2O2S/c1-2-3-11-22-17(21)13-9-10-15-16(12-13)23-18(20-15)19-14-7-5-4-6-8-14/h9-10,12,14H,2-8,11H2,1H3,(H,19,20). The van der Waals surface area contributed by atoms with Gasteiger partial charge in [-0.05, 0) is 37.5 Å². The van der Waals surface area contributed by atoms with Gasteiger partial charge in [-0.15, -0.1) is 0 Å². The first kappa shape index (κ1) is 16.2. The van der Waals surface area contributed by atoms with E-state index in [1.807, 2.05) is 12.1 Å². The van der Waals surface area contributed by atoms with Gasteiger partial charge < -0.3 is 10.1 Å². The number of rotatable bonds is 6. The zero-order chi connectivity index (χ0) is 16.1. The van der Waals surface area contributed by atoms with E-state index in [9.17, 15) is 4.79 Å². The van der Waals surface area contributed by atoms with Crippen LogP contribution in [0.2, 0.25) is 0 Å². The fourth-order valence-electron chi connectivity index (χ4n) is 2.93. The fourth-order valence-corrected chi connectivity index (χ4v) is 3.91. The van der Waals surface area contributed by atoms with E-state index >= 15 is 0 Å². The minimum atomic E-state index is -0.240. The Kier molecular flexibility index (Phi) is 5.49. The molecule has 4 nitrogen and oxygen atoms in total. The summed E-state index contributed by atoms with van der Waals surface area (Å²) >= 11 is 1.62. The Morgan fingerprint density at radius 1 is 1.35 bits per heavy atom. The van der Waals surface area contributed by atoms with E-state index in [1.165, 1.54) is 32.1 Å². The third-order valence-electron chi connectivity index (χ3n) is 4.29. The Morgan fingerprint density at radius 3 is 2.96 bits per heavy atom. The average molecular weight is 332 g/mol. The lowest BCUT2D eigenvalue weighted by molar-refractivity contribution is 0.0500. The number of carbonyl (C=O) groups excluding carboxylic acids is 1. The van der Waals surface area contributed by atoms with Gasteiger partial charge in [0.25, 0.3) is 0 Å². The summed E-state index contributed by atoms with van der Waals surface area (Å²) in [5.41, 5.74) is 1.56. The predicted octanol–water partition coefficient (Wildman–Crippen LogP) is 5.00. The minimum absolute atomic E-state index is 0.240. The van der Waals surface area contributed by atoms with Crippen molar-refractivity contribution in [3.8, 4) is 0 Å². The second-order valence-electron chi connectivity index (χ2n) is 6.17. The third kappa shape index (κ3) is 4.22. The minimum Gasteiger partial charge on any atom is -0.462 e. The highest BCUT2D eigenvalue weighted by Crippen LogP contribution is 2.29. The maximum absolute atomic E-state index is 12.0. The van der Waals surface area contributed by atoms with Crippen molar-refractivity contribution < 1.29 is 9.53 Å². The first-order chi connectivity index (χ1) is 11.3. The van der Waals surface area contributed by atoms with Crippen LogP contribution in [0.1, 0.15) is 62.2 Å². The Morgan fingerprint density at radius 2 is 2.17 bits per heavy atom. The number of anilines is 1. The number of carbonyl (C=O) groups is 1. The van der Waals surface area contributed by atoms with E-state index in [0.717, 1.165) is 28.2 Å². The number of hydrogen-bond donors (Lipinski definition) is 1. The highest BCUT2D eigenvalue weighted by molar-refractivity contribution is 7.22. The summed E-state index contributed by atoms with van der Waals surface area (Å²) in [6, 6.07) is 6.16. The van der Waals surface area contributed by atoms with Gasteiger partial charge in [-0.1, -0.05) is 43.9 Å². The van der Waals surface area contributed by atoms with Gasteiger partial charge in [-0.3, -0.25) is 0 Å². The smallest absolute Gasteiger partial charge is 0.338 e. The molecule has 23 heavy (non-hydrogen) atoms. The van der Waals surface area contributed by atoms with Crippen LogP contribution in [0, 0.1) is 0 Å². The maximum Gasteiger partial charge on any atom is 0.338 e. The van der Waals surface area contributed by atoms with Crippen LogP contribution in [-0.4, -0.2) is 23.6 Å². The van der Waals surface area contributed by atoms with Crippen molar-refractivity contribution in [2.75, 3.05) is 11.9 Å². The number of thiazole rings is 1. The number of hydrogen-bond acceptors (Lipinski definition) is 5. The van der Waals surface area contributed by atoms with Crippen LogP contribution in [0.25, 0.3) is 10.2 Å². The molecule has 0 bridgehead atoms. The molecule has 0 unspecified atom stereocenters. The normalized spacial score (nSPS) is 15.7. The molecule has 0 saturated heterocycles. The lowest BCUT2D eigenvalue weighted by atomic mass is 9.96. The van der Waals surface area contributed by atoms with E-state index in [4.69, 9.17) is 4.74 Å². The summed E-state index contributed by atoms with van der Waals surface area (Å²) < 4.78 is 6.31. The van der Waals surface area contributed by atoms with Gasteiger partial charge in [0.05, 0.1) is 22.4 Å². The highest BCUT2D eigenvalue weighted by atomic mass is 32.1. The number of aromatic nitrogens is 1. The van der Waals surface area contributed by atoms with Crippen molar-refractivity contribution in [2.24, 2.45) is 0 Å². The van der Waals surface area contributed by atoms with E-state index in [1.54, 1.807) is 17.4 Å². The van der Waals surface area contributed by atoms with E-state index in [-0.39, 0.29) is 5.97 Å². The van der Waals surface area contributed by atoms with Crippen LogP contribution < -0.4 is 5.32 Å². The number of nitrogens with zero attached hydrogens (tertiary/aromatic N) is 1. The number of benzene rings is 1. The molecule has 0 radical (unpaired) electrons. The second kappa shape index (κ2) is 7.77. The van der Waals surface area contributed by atoms with Crippen LogP contribution in [-0.2, 0) is 4.74 Å². The van der Waals surface area contributed by atoms with Crippen LogP contribution in [0.15, 0.2) is 18.2 Å². The molecule has 5 heteroatoms. The first-order valence-corrected chi connectivity index (χ1v) is 9.42. The zero-order valence-electron chi connectivity index (χ0n) is 13.6. The molecule has 1 aliphatic rings. The lowest BCUT2D eigenvalue weighted by Crippen LogP contribution is -2.21. The molecule has 3 rings (SSSR count). The molecular formula is C18H24N2O2S. The SMILES string of the molecule is CCCCOC(=O)c1ccc2nc(NC3CCCCC3)sc2c1. The molecule has 0 amide bonds. The highest BCUT2D eigenvalue weighted by Gasteiger charge is 2.15. The van der Waals surface area contributed by atoms with Gasteiger partial charge >= 0.3 is 5.97 Å². The van der Waals surface area contributed by atoms with Gasteiger partial charge in [0.15, 0.2) is 5.13 Å². The Bertz CT molecular complexity index is 662. The molecule has 0 atom stereocenters. The van der Waals surface area contributed by atoms with Gasteiger partial charge in [0.2, 0.25) is 0 Å². The third-order valence-corrected chi connectivity index (χ3v) is 5.24. The van der Waals surface area contributed by atoms with E-state index < -0.39 is 0 Å². The van der Waals surface area contributed by atoms with Crippen molar-refractivity contribution in [1.82, 2.24) is 4.98 Å². The van der Waals surface area contributed by atoms with Crippen molar-refractivity contribution in [3.63, 3.8) is 0 Å². The summed E-state index contributed by atoms with van der Waals surface area (Å²) in [6.07, 6.45) is 8.34. The largest absolute Gasteiger partial charge is 0.462 e. The molecule has 1 heterocycles. The van der Waals surface area contributed by atoms with Gasteiger partial charge in [0, 0.05) is 6.04 Å². The number of unbranched alkanes of at least 4 members (excludes halogenated alkanes) is 1. The van der Waals surface area contributed by atoms with Crippen molar-refractivity contribution in [1.29, 1.82) is 0 Å². The van der Waals surface area contributed by atoms with E-state index in [2.05, 4.69) is 17.2 Å². The summed E-state index contributed by atoms with van der Waals surface area (Å²) in [5, 5.41) is 4.51. The summed E-state index contributed by atoms with van der Waals surface area (Å²) in [7, 11) is 0. The predicted molar refractivity (Wildman–Crippen MR) is 95.3 cm³/mol. The molecule has 1 saturated carbocycles. The van der Waals surface area contributed by atoms with Gasteiger partial charge in [-0.2, -0.15) is 0 Å². The van der Waals surface area contributed by atoms with Gasteiger partial charge in [-0.25, -0.2) is 9.78 Å². The number of nitrogens with one attached hydrogen (secondary N) is 1. The molecular weight excluding hydrogens is 308 g/mol. The maximum atomic E-state index is 12.0. The monoisotopic (exact) mass is 332 g/mol. The fraction of sp³-hybridized carbons (Fsp3) is 0.556. The van der Waals surface area contributed by atoms with Crippen molar-refractivity contribution in [3.05, 3.63) is 23.8 Å². The average Bonchev–Trinajstić information content (AvgIpc) is 2.97. The Labute approximate surface area is 141 Å². The van der Waals surface area contributed by atoms with Crippen molar-refractivity contribution in [2.45, 2.75) is 57.9 Å². The summed E-state index contributed by atoms with van der Waals surface area (Å²) in [5.74, 6) is -0.240. The summed E-state index contributed by atoms with van der Waals surface area (Å²) in [6.45, 7) is 2.57. The first-order valence-electron chi connectivity index (χ1n) is 8.60. The van der Waals surface area contributed by atoms with Gasteiger partial charge in [0.1, 0.15) is 0 Å². The Hall–Kier alpha value is -1.62. The zero-order valence-corrected chi connectivity index (χ0v) is 14.5. The molecule has 0 spiro atoms. The van der Waals surface area contributed by atoms with Crippen LogP contribution in [0.4, 0.5) is 5.13 Å². The van der Waals surface area contributed by atoms with Crippen molar-refractivity contribution >= 4 is 32.7 Å². The Balaban J connectivity index is 1.68. The number of fused-ring (bicyclic) bond motifs is 1. The molecule has 1 fully saturated rings. The number of ether oxygens (including phenoxy) is 1. The summed E-state index contributed by atoms with van der Waals surface area (Å²) in [4.78, 5) is 16.7. The molecule has 1 aromatic heterocycles. The second-order valence-corrected chi connectivity index (χ2v) is 7.20. The molecule has 2 aromatic rings. The topological polar surface area (TPSA) is 51.2 Å². The van der Waals surface area contributed by atoms with E-state index in [0.29, 0.717) is 18.2 Å². The van der Waals surface area contributed by atoms with Crippen LogP contribution in [0.3, 0.4) is 0 Å². The number of esters is 1. The van der Waals surface area contributed by atoms with Crippen LogP contribution in [0.5, 0.6) is 0 Å². The molecule has 1 aliphatic carbocycles. The molecule has 124 valence electrons. The quantitative estimate of drug-likeness (QED) is 0.597.